The largest absolute Gasteiger partial charge is 0.412 e. The van der Waals surface area contributed by atoms with Gasteiger partial charge in [-0.25, -0.2) is 0 Å². The van der Waals surface area contributed by atoms with Crippen molar-refractivity contribution in [3.63, 3.8) is 0 Å². The predicted octanol–water partition coefficient (Wildman–Crippen LogP) is -2.35. The molecule has 0 atom stereocenters. The molecule has 0 aliphatic carbocycles. The Morgan fingerprint density at radius 2 is 0.571 bits per heavy atom. The molecule has 2 rings (SSSR count). The van der Waals surface area contributed by atoms with Crippen LogP contribution in [-0.2, 0) is 0 Å². The number of nitrogens with one attached hydrogen (secondary N) is 4. The van der Waals surface area contributed by atoms with Crippen molar-refractivity contribution in [3.05, 3.63) is 0 Å². The minimum absolute atomic E-state index is 0. The molecule has 2 fully saturated rings. The average Bonchev–Trinajstić information content (AvgIpc) is 2.24. The van der Waals surface area contributed by atoms with Gasteiger partial charge in [0, 0.05) is 52.4 Å². The number of hydrogen-bond acceptors (Lipinski definition) is 4. The van der Waals surface area contributed by atoms with Crippen molar-refractivity contribution in [1.29, 1.82) is 0 Å². The summed E-state index contributed by atoms with van der Waals surface area (Å²) in [5.74, 6) is 0. The van der Waals surface area contributed by atoms with Crippen molar-refractivity contribution in [2.75, 3.05) is 52.4 Å². The molecule has 0 radical (unpaired) electrons. The van der Waals surface area contributed by atoms with E-state index in [1.165, 1.54) is 0 Å². The molecule has 14 heavy (non-hydrogen) atoms. The van der Waals surface area contributed by atoms with Crippen LogP contribution in [0.5, 0.6) is 0 Å². The van der Waals surface area contributed by atoms with E-state index in [0.717, 1.165) is 52.4 Å². The second kappa shape index (κ2) is 13.2. The third-order valence-electron chi connectivity index (χ3n) is 1.91. The van der Waals surface area contributed by atoms with E-state index in [0.29, 0.717) is 0 Å². The SMILES string of the molecule is C1CNCCN1.C1CNCCN1.O.S. The van der Waals surface area contributed by atoms with E-state index < -0.39 is 0 Å². The monoisotopic (exact) mass is 224 g/mol. The number of rotatable bonds is 0. The molecule has 0 unspecified atom stereocenters. The van der Waals surface area contributed by atoms with E-state index in [1.54, 1.807) is 0 Å². The van der Waals surface area contributed by atoms with Gasteiger partial charge in [-0.2, -0.15) is 13.5 Å². The first-order valence-electron chi connectivity index (χ1n) is 4.83. The summed E-state index contributed by atoms with van der Waals surface area (Å²) in [5, 5.41) is 12.9. The zero-order valence-electron chi connectivity index (χ0n) is 8.66. The van der Waals surface area contributed by atoms with Gasteiger partial charge in [0.15, 0.2) is 0 Å². The van der Waals surface area contributed by atoms with Crippen LogP contribution >= 0.6 is 13.5 Å². The van der Waals surface area contributed by atoms with Gasteiger partial charge in [-0.15, -0.1) is 0 Å². The maximum absolute atomic E-state index is 3.22. The molecular formula is C8H24N4OS. The Morgan fingerprint density at radius 1 is 0.429 bits per heavy atom. The summed E-state index contributed by atoms with van der Waals surface area (Å²) in [6.45, 7) is 9.11. The van der Waals surface area contributed by atoms with Crippen LogP contribution < -0.4 is 21.3 Å². The van der Waals surface area contributed by atoms with Crippen LogP contribution in [0.3, 0.4) is 0 Å². The molecule has 0 amide bonds. The van der Waals surface area contributed by atoms with E-state index in [1.807, 2.05) is 0 Å². The Labute approximate surface area is 93.2 Å². The Morgan fingerprint density at radius 3 is 0.643 bits per heavy atom. The fourth-order valence-corrected chi connectivity index (χ4v) is 1.21. The molecule has 2 aliphatic rings. The van der Waals surface area contributed by atoms with Crippen LogP contribution in [0.1, 0.15) is 0 Å². The molecule has 88 valence electrons. The van der Waals surface area contributed by atoms with Gasteiger partial charge in [0.25, 0.3) is 0 Å². The van der Waals surface area contributed by atoms with E-state index >= 15 is 0 Å². The Bertz CT molecular complexity index is 64.3. The van der Waals surface area contributed by atoms with Crippen molar-refractivity contribution in [1.82, 2.24) is 21.3 Å². The van der Waals surface area contributed by atoms with Crippen LogP contribution in [0.4, 0.5) is 0 Å². The van der Waals surface area contributed by atoms with Gasteiger partial charge >= 0.3 is 0 Å². The van der Waals surface area contributed by atoms with Crippen LogP contribution in [0.25, 0.3) is 0 Å². The van der Waals surface area contributed by atoms with Gasteiger partial charge in [0.2, 0.25) is 0 Å². The molecule has 0 spiro atoms. The fraction of sp³-hybridized carbons (Fsp3) is 1.00. The predicted molar refractivity (Wildman–Crippen MR) is 65.5 cm³/mol. The van der Waals surface area contributed by atoms with E-state index in [2.05, 4.69) is 21.3 Å². The molecule has 0 aromatic rings. The molecule has 2 saturated heterocycles. The summed E-state index contributed by atoms with van der Waals surface area (Å²) in [7, 11) is 0. The lowest BCUT2D eigenvalue weighted by atomic mass is 10.4. The summed E-state index contributed by atoms with van der Waals surface area (Å²) in [5.41, 5.74) is 0. The first kappa shape index (κ1) is 16.6. The molecule has 0 aromatic heterocycles. The average molecular weight is 224 g/mol. The quantitative estimate of drug-likeness (QED) is 0.371. The topological polar surface area (TPSA) is 79.6 Å². The normalized spacial score (nSPS) is 20.6. The smallest absolute Gasteiger partial charge is 0.00772 e. The number of hydrogen-bond donors (Lipinski definition) is 4. The molecular weight excluding hydrogens is 200 g/mol. The van der Waals surface area contributed by atoms with Gasteiger partial charge in [-0.05, 0) is 0 Å². The standard InChI is InChI=1S/2C4H10N2.H2O.H2S/c2*1-2-6-4-3-5-1;;/h2*5-6H,1-4H2;2*1H2. The first-order chi connectivity index (χ1) is 6.00. The summed E-state index contributed by atoms with van der Waals surface area (Å²) in [6, 6.07) is 0. The van der Waals surface area contributed by atoms with E-state index in [9.17, 15) is 0 Å². The summed E-state index contributed by atoms with van der Waals surface area (Å²) in [4.78, 5) is 0. The highest BCUT2D eigenvalue weighted by atomic mass is 32.1. The molecule has 6 N–H and O–H groups in total. The molecule has 5 nitrogen and oxygen atoms in total. The summed E-state index contributed by atoms with van der Waals surface area (Å²) >= 11 is 0. The lowest BCUT2D eigenvalue weighted by Crippen LogP contribution is -2.39. The highest BCUT2D eigenvalue weighted by Crippen LogP contribution is 1.65. The first-order valence-corrected chi connectivity index (χ1v) is 4.83. The number of piperazine rings is 2. The van der Waals surface area contributed by atoms with Crippen LogP contribution in [0.15, 0.2) is 0 Å². The van der Waals surface area contributed by atoms with E-state index in [-0.39, 0.29) is 19.0 Å². The molecule has 2 aliphatic heterocycles. The second-order valence-electron chi connectivity index (χ2n) is 3.00. The van der Waals surface area contributed by atoms with Crippen molar-refractivity contribution in [2.45, 2.75) is 0 Å². The van der Waals surface area contributed by atoms with Crippen molar-refractivity contribution in [2.24, 2.45) is 0 Å². The van der Waals surface area contributed by atoms with Gasteiger partial charge in [0.05, 0.1) is 0 Å². The molecule has 6 heteroatoms. The summed E-state index contributed by atoms with van der Waals surface area (Å²) < 4.78 is 0. The Hall–Kier alpha value is 0.150. The maximum Gasteiger partial charge on any atom is 0.00772 e. The van der Waals surface area contributed by atoms with Crippen LogP contribution in [0, 0.1) is 0 Å². The van der Waals surface area contributed by atoms with Crippen LogP contribution in [0.2, 0.25) is 0 Å². The second-order valence-corrected chi connectivity index (χ2v) is 3.00. The van der Waals surface area contributed by atoms with Gasteiger partial charge in [-0.1, -0.05) is 0 Å². The minimum Gasteiger partial charge on any atom is -0.412 e. The van der Waals surface area contributed by atoms with E-state index in [4.69, 9.17) is 0 Å². The van der Waals surface area contributed by atoms with Crippen molar-refractivity contribution < 1.29 is 5.48 Å². The molecule has 0 bridgehead atoms. The zero-order chi connectivity index (χ0) is 8.49. The lowest BCUT2D eigenvalue weighted by molar-refractivity contribution is 0.534. The molecule has 2 heterocycles. The van der Waals surface area contributed by atoms with Crippen LogP contribution in [-0.4, -0.2) is 57.8 Å². The van der Waals surface area contributed by atoms with Gasteiger partial charge in [0.1, 0.15) is 0 Å². The van der Waals surface area contributed by atoms with Gasteiger partial charge in [-0.3, -0.25) is 0 Å². The molecule has 0 saturated carbocycles. The third-order valence-corrected chi connectivity index (χ3v) is 1.91. The van der Waals surface area contributed by atoms with Gasteiger partial charge < -0.3 is 26.7 Å². The third kappa shape index (κ3) is 10.2. The highest BCUT2D eigenvalue weighted by Gasteiger charge is 1.92. The Balaban J connectivity index is 0. The highest BCUT2D eigenvalue weighted by molar-refractivity contribution is 7.59. The summed E-state index contributed by atoms with van der Waals surface area (Å²) in [6.07, 6.45) is 0. The Kier molecular flexibility index (Phi) is 15.6. The molecule has 0 aromatic carbocycles. The lowest BCUT2D eigenvalue weighted by Gasteiger charge is -2.11. The maximum atomic E-state index is 3.22. The van der Waals surface area contributed by atoms with Crippen molar-refractivity contribution in [3.8, 4) is 0 Å². The minimum atomic E-state index is 0. The van der Waals surface area contributed by atoms with Crippen molar-refractivity contribution >= 4 is 13.5 Å². The zero-order valence-corrected chi connectivity index (χ0v) is 9.66. The fourth-order valence-electron chi connectivity index (χ4n) is 1.21.